The van der Waals surface area contributed by atoms with Crippen LogP contribution in [0.25, 0.3) is 0 Å². The summed E-state index contributed by atoms with van der Waals surface area (Å²) in [5.41, 5.74) is 1.11. The van der Waals surface area contributed by atoms with Crippen LogP contribution in [-0.2, 0) is 21.2 Å². The van der Waals surface area contributed by atoms with Crippen molar-refractivity contribution in [1.29, 1.82) is 0 Å². The maximum absolute atomic E-state index is 13.0. The minimum atomic E-state index is -3.62. The van der Waals surface area contributed by atoms with Crippen molar-refractivity contribution >= 4 is 15.9 Å². The van der Waals surface area contributed by atoms with Gasteiger partial charge in [0.25, 0.3) is 5.91 Å². The highest BCUT2D eigenvalue weighted by molar-refractivity contribution is 7.89. The van der Waals surface area contributed by atoms with Crippen molar-refractivity contribution < 1.29 is 17.9 Å². The number of carbonyl (C=O) groups is 1. The Morgan fingerprint density at radius 3 is 2.56 bits per heavy atom. The van der Waals surface area contributed by atoms with Gasteiger partial charge in [-0.1, -0.05) is 26.8 Å². The number of hydrogen-bond donors (Lipinski definition) is 1. The van der Waals surface area contributed by atoms with Gasteiger partial charge in [0.05, 0.1) is 18.1 Å². The van der Waals surface area contributed by atoms with Crippen LogP contribution in [0.15, 0.2) is 23.1 Å². The molecule has 1 amide bonds. The molecule has 7 heteroatoms. The van der Waals surface area contributed by atoms with Crippen molar-refractivity contribution in [2.75, 3.05) is 32.8 Å². The first-order valence-corrected chi connectivity index (χ1v) is 10.3. The maximum atomic E-state index is 13.0. The molecular weight excluding hydrogens is 340 g/mol. The van der Waals surface area contributed by atoms with Crippen LogP contribution in [0.1, 0.15) is 43.1 Å². The number of rotatable bonds is 7. The fraction of sp³-hybridized carbons (Fsp3) is 0.611. The average molecular weight is 368 g/mol. The Bertz CT molecular complexity index is 695. The number of carbonyl (C=O) groups excluding carboxylic acids is 1. The predicted molar refractivity (Wildman–Crippen MR) is 97.2 cm³/mol. The van der Waals surface area contributed by atoms with Gasteiger partial charge < -0.3 is 10.1 Å². The van der Waals surface area contributed by atoms with E-state index < -0.39 is 10.0 Å². The van der Waals surface area contributed by atoms with E-state index in [2.05, 4.69) is 19.2 Å². The molecule has 140 valence electrons. The van der Waals surface area contributed by atoms with Crippen LogP contribution in [0.3, 0.4) is 0 Å². The van der Waals surface area contributed by atoms with Crippen LogP contribution in [0.2, 0.25) is 0 Å². The number of nitrogens with zero attached hydrogens (tertiary/aromatic N) is 1. The lowest BCUT2D eigenvalue weighted by Crippen LogP contribution is -2.41. The molecule has 0 saturated carbocycles. The van der Waals surface area contributed by atoms with E-state index in [1.54, 1.807) is 12.1 Å². The second kappa shape index (κ2) is 8.78. The fourth-order valence-electron chi connectivity index (χ4n) is 2.73. The summed E-state index contributed by atoms with van der Waals surface area (Å²) >= 11 is 0. The van der Waals surface area contributed by atoms with Crippen LogP contribution in [0.5, 0.6) is 0 Å². The smallest absolute Gasteiger partial charge is 0.251 e. The molecule has 1 fully saturated rings. The molecule has 6 nitrogen and oxygen atoms in total. The number of amides is 1. The summed E-state index contributed by atoms with van der Waals surface area (Å²) in [6.07, 6.45) is 1.48. The average Bonchev–Trinajstić information content (AvgIpc) is 2.61. The van der Waals surface area contributed by atoms with Crippen molar-refractivity contribution in [3.05, 3.63) is 29.3 Å². The molecule has 0 aromatic heterocycles. The van der Waals surface area contributed by atoms with Crippen LogP contribution >= 0.6 is 0 Å². The molecule has 0 unspecified atom stereocenters. The zero-order valence-electron chi connectivity index (χ0n) is 15.2. The van der Waals surface area contributed by atoms with E-state index in [1.165, 1.54) is 10.4 Å². The number of ether oxygens (including phenoxy) is 1. The number of sulfonamides is 1. The molecule has 2 rings (SSSR count). The number of benzene rings is 1. The van der Waals surface area contributed by atoms with E-state index >= 15 is 0 Å². The van der Waals surface area contributed by atoms with Gasteiger partial charge in [0.1, 0.15) is 0 Å². The molecule has 0 aliphatic carbocycles. The van der Waals surface area contributed by atoms with Crippen molar-refractivity contribution in [3.63, 3.8) is 0 Å². The van der Waals surface area contributed by atoms with Crippen molar-refractivity contribution in [2.45, 2.75) is 38.5 Å². The summed E-state index contributed by atoms with van der Waals surface area (Å²) in [5, 5.41) is 2.86. The molecule has 0 radical (unpaired) electrons. The Morgan fingerprint density at radius 2 is 1.96 bits per heavy atom. The molecule has 0 bridgehead atoms. The Hall–Kier alpha value is -1.44. The first kappa shape index (κ1) is 19.9. The highest BCUT2D eigenvalue weighted by atomic mass is 32.2. The molecule has 1 heterocycles. The number of aryl methyl sites for hydroxylation is 1. The van der Waals surface area contributed by atoms with E-state index in [4.69, 9.17) is 4.74 Å². The minimum absolute atomic E-state index is 0.230. The molecular formula is C18H28N2O4S. The molecule has 1 aliphatic rings. The van der Waals surface area contributed by atoms with Gasteiger partial charge in [-0.2, -0.15) is 4.31 Å². The fourth-order valence-corrected chi connectivity index (χ4v) is 4.46. The van der Waals surface area contributed by atoms with Crippen molar-refractivity contribution in [3.8, 4) is 0 Å². The predicted octanol–water partition coefficient (Wildman–Crippen LogP) is 2.05. The number of nitrogens with one attached hydrogen (secondary N) is 1. The Morgan fingerprint density at radius 1 is 1.28 bits per heavy atom. The molecule has 1 saturated heterocycles. The highest BCUT2D eigenvalue weighted by Gasteiger charge is 2.28. The lowest BCUT2D eigenvalue weighted by molar-refractivity contribution is 0.0730. The maximum Gasteiger partial charge on any atom is 0.251 e. The van der Waals surface area contributed by atoms with E-state index in [0.29, 0.717) is 50.8 Å². The Balaban J connectivity index is 2.26. The SMILES string of the molecule is CCc1ccc(C(=O)NCCC(C)C)cc1S(=O)(=O)N1CCOCC1. The zero-order chi connectivity index (χ0) is 18.4. The summed E-state index contributed by atoms with van der Waals surface area (Å²) in [7, 11) is -3.62. The van der Waals surface area contributed by atoms with Gasteiger partial charge in [0, 0.05) is 25.2 Å². The summed E-state index contributed by atoms with van der Waals surface area (Å²) in [4.78, 5) is 12.6. The van der Waals surface area contributed by atoms with E-state index in [9.17, 15) is 13.2 Å². The van der Waals surface area contributed by atoms with Crippen LogP contribution in [0, 0.1) is 5.92 Å². The molecule has 25 heavy (non-hydrogen) atoms. The normalized spacial score (nSPS) is 16.2. The van der Waals surface area contributed by atoms with Gasteiger partial charge in [0.2, 0.25) is 10.0 Å². The number of morpholine rings is 1. The highest BCUT2D eigenvalue weighted by Crippen LogP contribution is 2.23. The summed E-state index contributed by atoms with van der Waals surface area (Å²) in [6.45, 7) is 8.16. The van der Waals surface area contributed by atoms with Gasteiger partial charge >= 0.3 is 0 Å². The largest absolute Gasteiger partial charge is 0.379 e. The number of hydrogen-bond acceptors (Lipinski definition) is 4. The van der Waals surface area contributed by atoms with Crippen molar-refractivity contribution in [1.82, 2.24) is 9.62 Å². The molecule has 1 aromatic carbocycles. The standard InChI is InChI=1S/C18H28N2O4S/c1-4-15-5-6-16(18(21)19-8-7-14(2)3)13-17(15)25(22,23)20-9-11-24-12-10-20/h5-6,13-14H,4,7-12H2,1-3H3,(H,19,21). The first-order valence-electron chi connectivity index (χ1n) is 8.85. The second-order valence-corrected chi connectivity index (χ2v) is 8.54. The van der Waals surface area contributed by atoms with Gasteiger partial charge in [-0.15, -0.1) is 0 Å². The minimum Gasteiger partial charge on any atom is -0.379 e. The Kier molecular flexibility index (Phi) is 6.98. The molecule has 0 spiro atoms. The second-order valence-electron chi connectivity index (χ2n) is 6.63. The van der Waals surface area contributed by atoms with E-state index in [-0.39, 0.29) is 10.8 Å². The van der Waals surface area contributed by atoms with Crippen LogP contribution < -0.4 is 5.32 Å². The third-order valence-electron chi connectivity index (χ3n) is 4.31. The van der Waals surface area contributed by atoms with Gasteiger partial charge in [-0.05, 0) is 36.5 Å². The third-order valence-corrected chi connectivity index (χ3v) is 6.29. The van der Waals surface area contributed by atoms with Crippen LogP contribution in [-0.4, -0.2) is 51.5 Å². The zero-order valence-corrected chi connectivity index (χ0v) is 16.1. The van der Waals surface area contributed by atoms with Gasteiger partial charge in [0.15, 0.2) is 0 Å². The third kappa shape index (κ3) is 5.03. The summed E-state index contributed by atoms with van der Waals surface area (Å²) in [6, 6.07) is 4.95. The van der Waals surface area contributed by atoms with Gasteiger partial charge in [-0.25, -0.2) is 8.42 Å². The lowest BCUT2D eigenvalue weighted by atomic mass is 10.1. The first-order chi connectivity index (χ1) is 11.9. The van der Waals surface area contributed by atoms with E-state index in [0.717, 1.165) is 12.0 Å². The van der Waals surface area contributed by atoms with Crippen molar-refractivity contribution in [2.24, 2.45) is 5.92 Å². The lowest BCUT2D eigenvalue weighted by Gasteiger charge is -2.27. The summed E-state index contributed by atoms with van der Waals surface area (Å²) in [5.74, 6) is 0.266. The topological polar surface area (TPSA) is 75.7 Å². The molecule has 1 N–H and O–H groups in total. The summed E-state index contributed by atoms with van der Waals surface area (Å²) < 4.78 is 32.6. The Labute approximate surface area is 150 Å². The molecule has 1 aromatic rings. The van der Waals surface area contributed by atoms with Crippen LogP contribution in [0.4, 0.5) is 0 Å². The monoisotopic (exact) mass is 368 g/mol. The molecule has 1 aliphatic heterocycles. The van der Waals surface area contributed by atoms with Gasteiger partial charge in [-0.3, -0.25) is 4.79 Å². The molecule has 0 atom stereocenters. The van der Waals surface area contributed by atoms with E-state index in [1.807, 2.05) is 6.92 Å². The quantitative estimate of drug-likeness (QED) is 0.799.